The lowest BCUT2D eigenvalue weighted by Crippen LogP contribution is -2.27. The van der Waals surface area contributed by atoms with Gasteiger partial charge in [-0.25, -0.2) is 13.1 Å². The molecule has 1 N–H and O–H groups in total. The van der Waals surface area contributed by atoms with Crippen molar-refractivity contribution in [2.24, 2.45) is 0 Å². The van der Waals surface area contributed by atoms with Gasteiger partial charge in [0.05, 0.1) is 7.11 Å². The first-order valence-electron chi connectivity index (χ1n) is 7.51. The average Bonchev–Trinajstić information content (AvgIpc) is 2.97. The van der Waals surface area contributed by atoms with Crippen LogP contribution in [0.4, 0.5) is 0 Å². The summed E-state index contributed by atoms with van der Waals surface area (Å²) in [5.41, 5.74) is 2.00. The summed E-state index contributed by atoms with van der Waals surface area (Å²) in [6.45, 7) is 0.311. The zero-order valence-electron chi connectivity index (χ0n) is 13.2. The molecule has 6 nitrogen and oxygen atoms in total. The molecule has 1 heterocycles. The van der Waals surface area contributed by atoms with Crippen LogP contribution < -0.4 is 9.46 Å². The maximum atomic E-state index is 12.2. The van der Waals surface area contributed by atoms with Crippen LogP contribution in [0.1, 0.15) is 11.3 Å². The molecule has 0 atom stereocenters. The summed E-state index contributed by atoms with van der Waals surface area (Å²) in [6.07, 6.45) is 0.579. The SMILES string of the molecule is COc1cccc(CCNS(=O)(=O)Cc2noc3ccccc23)c1. The molecule has 0 aliphatic heterocycles. The summed E-state index contributed by atoms with van der Waals surface area (Å²) in [7, 11) is -1.88. The minimum absolute atomic E-state index is 0.206. The van der Waals surface area contributed by atoms with Gasteiger partial charge in [0.2, 0.25) is 10.0 Å². The van der Waals surface area contributed by atoms with Crippen LogP contribution in [0.2, 0.25) is 0 Å². The van der Waals surface area contributed by atoms with Crippen molar-refractivity contribution in [2.75, 3.05) is 13.7 Å². The zero-order valence-corrected chi connectivity index (χ0v) is 14.0. The van der Waals surface area contributed by atoms with Crippen LogP contribution in [0.25, 0.3) is 11.0 Å². The van der Waals surface area contributed by atoms with Gasteiger partial charge in [0.15, 0.2) is 5.58 Å². The van der Waals surface area contributed by atoms with E-state index >= 15 is 0 Å². The Kier molecular flexibility index (Phi) is 4.82. The van der Waals surface area contributed by atoms with E-state index in [1.54, 1.807) is 19.2 Å². The number of fused-ring (bicyclic) bond motifs is 1. The van der Waals surface area contributed by atoms with Crippen LogP contribution in [0.15, 0.2) is 53.1 Å². The van der Waals surface area contributed by atoms with E-state index in [-0.39, 0.29) is 5.75 Å². The van der Waals surface area contributed by atoms with E-state index in [9.17, 15) is 8.42 Å². The van der Waals surface area contributed by atoms with E-state index in [0.717, 1.165) is 16.7 Å². The minimum atomic E-state index is -3.49. The normalized spacial score (nSPS) is 11.7. The number of ether oxygens (including phenoxy) is 1. The molecule has 0 saturated heterocycles. The third kappa shape index (κ3) is 3.93. The first-order valence-corrected chi connectivity index (χ1v) is 9.16. The van der Waals surface area contributed by atoms with Gasteiger partial charge in [-0.3, -0.25) is 0 Å². The molecule has 24 heavy (non-hydrogen) atoms. The van der Waals surface area contributed by atoms with Crippen LogP contribution in [0, 0.1) is 0 Å². The molecule has 0 bridgehead atoms. The van der Waals surface area contributed by atoms with Crippen molar-refractivity contribution in [1.82, 2.24) is 9.88 Å². The Bertz CT molecular complexity index is 934. The van der Waals surface area contributed by atoms with Crippen molar-refractivity contribution in [3.8, 4) is 5.75 Å². The minimum Gasteiger partial charge on any atom is -0.497 e. The second-order valence-corrected chi connectivity index (χ2v) is 7.19. The molecule has 0 fully saturated rings. The number of hydrogen-bond acceptors (Lipinski definition) is 5. The van der Waals surface area contributed by atoms with Crippen LogP contribution in [-0.2, 0) is 22.2 Å². The maximum absolute atomic E-state index is 12.2. The Morgan fingerprint density at radius 1 is 1.17 bits per heavy atom. The van der Waals surface area contributed by atoms with Gasteiger partial charge in [-0.1, -0.05) is 29.4 Å². The maximum Gasteiger partial charge on any atom is 0.217 e. The molecule has 0 amide bonds. The predicted molar refractivity (Wildman–Crippen MR) is 91.3 cm³/mol. The summed E-state index contributed by atoms with van der Waals surface area (Å²) in [6, 6.07) is 14.8. The van der Waals surface area contributed by atoms with E-state index in [1.807, 2.05) is 36.4 Å². The quantitative estimate of drug-likeness (QED) is 0.711. The van der Waals surface area contributed by atoms with Crippen molar-refractivity contribution >= 4 is 21.0 Å². The van der Waals surface area contributed by atoms with Crippen molar-refractivity contribution < 1.29 is 17.7 Å². The van der Waals surface area contributed by atoms with Gasteiger partial charge in [0.25, 0.3) is 0 Å². The van der Waals surface area contributed by atoms with Crippen molar-refractivity contribution in [2.45, 2.75) is 12.2 Å². The Hall–Kier alpha value is -2.38. The first-order chi connectivity index (χ1) is 11.6. The summed E-state index contributed by atoms with van der Waals surface area (Å²) < 4.78 is 37.4. The second kappa shape index (κ2) is 7.02. The molecule has 0 aliphatic carbocycles. The van der Waals surface area contributed by atoms with Crippen molar-refractivity contribution in [3.05, 3.63) is 59.8 Å². The van der Waals surface area contributed by atoms with Gasteiger partial charge < -0.3 is 9.26 Å². The number of sulfonamides is 1. The number of hydrogen-bond donors (Lipinski definition) is 1. The topological polar surface area (TPSA) is 81.4 Å². The third-order valence-electron chi connectivity index (χ3n) is 3.65. The number of benzene rings is 2. The van der Waals surface area contributed by atoms with Crippen molar-refractivity contribution in [3.63, 3.8) is 0 Å². The number of methoxy groups -OCH3 is 1. The Morgan fingerprint density at radius 2 is 2.00 bits per heavy atom. The average molecular weight is 346 g/mol. The van der Waals surface area contributed by atoms with Gasteiger partial charge in [-0.05, 0) is 36.2 Å². The van der Waals surface area contributed by atoms with Crippen LogP contribution in [0.3, 0.4) is 0 Å². The molecular formula is C17H18N2O4S. The summed E-state index contributed by atoms with van der Waals surface area (Å²) in [5.74, 6) is 0.548. The zero-order chi connectivity index (χ0) is 17.0. The number of rotatable bonds is 7. The fourth-order valence-electron chi connectivity index (χ4n) is 2.45. The summed E-state index contributed by atoms with van der Waals surface area (Å²) in [5, 5.41) is 4.58. The Balaban J connectivity index is 1.62. The predicted octanol–water partition coefficient (Wildman–Crippen LogP) is 2.50. The molecule has 0 aliphatic rings. The number of aromatic nitrogens is 1. The molecule has 0 radical (unpaired) electrons. The number of nitrogens with zero attached hydrogens (tertiary/aromatic N) is 1. The Labute approximate surface area is 140 Å². The van der Waals surface area contributed by atoms with E-state index in [4.69, 9.17) is 9.26 Å². The van der Waals surface area contributed by atoms with Gasteiger partial charge in [0.1, 0.15) is 17.2 Å². The van der Waals surface area contributed by atoms with Crippen LogP contribution in [-0.4, -0.2) is 27.2 Å². The first kappa shape index (κ1) is 16.5. The fourth-order valence-corrected chi connectivity index (χ4v) is 3.54. The molecule has 1 aromatic heterocycles. The smallest absolute Gasteiger partial charge is 0.217 e. The molecule has 3 aromatic rings. The van der Waals surface area contributed by atoms with Crippen LogP contribution in [0.5, 0.6) is 5.75 Å². The third-order valence-corrected chi connectivity index (χ3v) is 4.95. The van der Waals surface area contributed by atoms with Gasteiger partial charge in [-0.2, -0.15) is 0 Å². The molecule has 7 heteroatoms. The van der Waals surface area contributed by atoms with Crippen LogP contribution >= 0.6 is 0 Å². The largest absolute Gasteiger partial charge is 0.497 e. The van der Waals surface area contributed by atoms with Gasteiger partial charge in [-0.15, -0.1) is 0 Å². The second-order valence-electron chi connectivity index (χ2n) is 5.38. The lowest BCUT2D eigenvalue weighted by Gasteiger charge is -2.07. The van der Waals surface area contributed by atoms with E-state index in [1.165, 1.54) is 0 Å². The highest BCUT2D eigenvalue weighted by atomic mass is 32.2. The van der Waals surface area contributed by atoms with Crippen molar-refractivity contribution in [1.29, 1.82) is 0 Å². The number of para-hydroxylation sites is 1. The highest BCUT2D eigenvalue weighted by Crippen LogP contribution is 2.19. The molecule has 126 valence electrons. The molecule has 0 spiro atoms. The highest BCUT2D eigenvalue weighted by molar-refractivity contribution is 7.88. The van der Waals surface area contributed by atoms with E-state index < -0.39 is 10.0 Å². The summed E-state index contributed by atoms with van der Waals surface area (Å²) >= 11 is 0. The molecule has 0 unspecified atom stereocenters. The van der Waals surface area contributed by atoms with Gasteiger partial charge in [0, 0.05) is 11.9 Å². The lowest BCUT2D eigenvalue weighted by molar-refractivity contribution is 0.414. The lowest BCUT2D eigenvalue weighted by atomic mass is 10.1. The molecule has 3 rings (SSSR count). The standard InChI is InChI=1S/C17H18N2O4S/c1-22-14-6-4-5-13(11-14)9-10-18-24(20,21)12-16-15-7-2-3-8-17(15)23-19-16/h2-8,11,18H,9-10,12H2,1H3. The Morgan fingerprint density at radius 3 is 2.83 bits per heavy atom. The number of nitrogens with one attached hydrogen (secondary N) is 1. The molecule has 2 aromatic carbocycles. The molecular weight excluding hydrogens is 328 g/mol. The fraction of sp³-hybridized carbons (Fsp3) is 0.235. The van der Waals surface area contributed by atoms with E-state index in [0.29, 0.717) is 24.2 Å². The summed E-state index contributed by atoms with van der Waals surface area (Å²) in [4.78, 5) is 0. The van der Waals surface area contributed by atoms with Gasteiger partial charge >= 0.3 is 0 Å². The van der Waals surface area contributed by atoms with E-state index in [2.05, 4.69) is 9.88 Å². The molecule has 0 saturated carbocycles. The highest BCUT2D eigenvalue weighted by Gasteiger charge is 2.17. The monoisotopic (exact) mass is 346 g/mol.